The molecule has 19 heavy (non-hydrogen) atoms. The monoisotopic (exact) mass is 259 g/mol. The predicted octanol–water partition coefficient (Wildman–Crippen LogP) is 1.35. The summed E-state index contributed by atoms with van der Waals surface area (Å²) in [6.07, 6.45) is 5.74. The number of carbonyl (C=O) groups is 1. The van der Waals surface area contributed by atoms with Crippen molar-refractivity contribution in [2.75, 3.05) is 0 Å². The molecule has 1 atom stereocenters. The maximum Gasteiger partial charge on any atom is 0.258 e. The minimum atomic E-state index is -0.728. The Hall–Kier alpha value is -1.39. The number of nitrogens with one attached hydrogen (secondary N) is 2. The quantitative estimate of drug-likeness (QED) is 0.405. The van der Waals surface area contributed by atoms with E-state index in [0.29, 0.717) is 0 Å². The van der Waals surface area contributed by atoms with Crippen molar-refractivity contribution >= 4 is 5.91 Å². The van der Waals surface area contributed by atoms with E-state index in [2.05, 4.69) is 16.8 Å². The van der Waals surface area contributed by atoms with Gasteiger partial charge in [-0.3, -0.25) is 15.5 Å². The summed E-state index contributed by atoms with van der Waals surface area (Å²) in [5.41, 5.74) is 3.98. The zero-order chi connectivity index (χ0) is 13.5. The lowest BCUT2D eigenvalue weighted by molar-refractivity contribution is -0.129. The van der Waals surface area contributed by atoms with Gasteiger partial charge in [0.05, 0.1) is 0 Å². The van der Waals surface area contributed by atoms with Gasteiger partial charge in [-0.15, -0.1) is 0 Å². The second kappa shape index (κ2) is 4.32. The van der Waals surface area contributed by atoms with E-state index in [1.807, 2.05) is 25.1 Å². The van der Waals surface area contributed by atoms with Crippen molar-refractivity contribution in [3.63, 3.8) is 0 Å². The van der Waals surface area contributed by atoms with Gasteiger partial charge in [-0.1, -0.05) is 37.1 Å². The van der Waals surface area contributed by atoms with E-state index in [1.54, 1.807) is 0 Å². The number of carbonyl (C=O) groups excluding carboxylic acids is 1. The van der Waals surface area contributed by atoms with Crippen LogP contribution in [-0.4, -0.2) is 11.4 Å². The number of benzene rings is 1. The van der Waals surface area contributed by atoms with E-state index in [9.17, 15) is 4.79 Å². The first-order valence-electron chi connectivity index (χ1n) is 6.98. The van der Waals surface area contributed by atoms with Crippen molar-refractivity contribution in [1.29, 1.82) is 0 Å². The Balaban J connectivity index is 2.10. The highest BCUT2D eigenvalue weighted by molar-refractivity contribution is 5.87. The van der Waals surface area contributed by atoms with E-state index in [4.69, 9.17) is 5.84 Å². The number of fused-ring (bicyclic) bond motifs is 1. The molecule has 0 radical (unpaired) electrons. The van der Waals surface area contributed by atoms with Crippen LogP contribution in [0.3, 0.4) is 0 Å². The fourth-order valence-electron chi connectivity index (χ4n) is 3.85. The number of amides is 1. The minimum absolute atomic E-state index is 0.0651. The van der Waals surface area contributed by atoms with Crippen LogP contribution in [0.2, 0.25) is 0 Å². The molecule has 4 N–H and O–H groups in total. The van der Waals surface area contributed by atoms with E-state index < -0.39 is 5.54 Å². The molecule has 3 rings (SSSR count). The fourth-order valence-corrected chi connectivity index (χ4v) is 3.85. The summed E-state index contributed by atoms with van der Waals surface area (Å²) < 4.78 is 0. The number of hydrogen-bond acceptors (Lipinski definition) is 3. The lowest BCUT2D eigenvalue weighted by Crippen LogP contribution is -2.64. The summed E-state index contributed by atoms with van der Waals surface area (Å²) in [5, 5.41) is 3.62. The molecule has 1 amide bonds. The molecule has 0 saturated heterocycles. The topological polar surface area (TPSA) is 67.2 Å². The second-order valence-electron chi connectivity index (χ2n) is 6.04. The van der Waals surface area contributed by atoms with Gasteiger partial charge in [-0.05, 0) is 37.3 Å². The van der Waals surface area contributed by atoms with Crippen LogP contribution in [0, 0.1) is 0 Å². The summed E-state index contributed by atoms with van der Waals surface area (Å²) >= 11 is 0. The molecule has 1 aliphatic carbocycles. The molecule has 102 valence electrons. The van der Waals surface area contributed by atoms with Gasteiger partial charge < -0.3 is 0 Å². The van der Waals surface area contributed by atoms with Crippen molar-refractivity contribution in [1.82, 2.24) is 10.7 Å². The SMILES string of the molecule is CC1(C(=O)NN)NC2(CCCC2)Cc2ccccc21. The standard InChI is InChI=1S/C15H21N3O/c1-14(13(19)17-16)12-7-3-2-6-11(12)10-15(18-14)8-4-5-9-15/h2-3,6-7,18H,4-5,8-10,16H2,1H3,(H,17,19). The van der Waals surface area contributed by atoms with Crippen LogP contribution in [-0.2, 0) is 16.8 Å². The van der Waals surface area contributed by atoms with E-state index in [0.717, 1.165) is 24.8 Å². The first-order chi connectivity index (χ1) is 9.10. The van der Waals surface area contributed by atoms with Gasteiger partial charge in [0.25, 0.3) is 5.91 Å². The van der Waals surface area contributed by atoms with Gasteiger partial charge in [-0.25, -0.2) is 5.84 Å². The minimum Gasteiger partial charge on any atom is -0.294 e. The smallest absolute Gasteiger partial charge is 0.258 e. The van der Waals surface area contributed by atoms with Crippen LogP contribution in [0.5, 0.6) is 0 Å². The first-order valence-corrected chi connectivity index (χ1v) is 6.98. The molecule has 1 fully saturated rings. The molecule has 4 nitrogen and oxygen atoms in total. The van der Waals surface area contributed by atoms with Crippen LogP contribution in [0.1, 0.15) is 43.7 Å². The highest BCUT2D eigenvalue weighted by Gasteiger charge is 2.49. The van der Waals surface area contributed by atoms with Gasteiger partial charge in [0.1, 0.15) is 5.54 Å². The fraction of sp³-hybridized carbons (Fsp3) is 0.533. The van der Waals surface area contributed by atoms with Crippen LogP contribution >= 0.6 is 0 Å². The molecule has 1 heterocycles. The number of rotatable bonds is 1. The third-order valence-corrected chi connectivity index (χ3v) is 4.75. The highest BCUT2D eigenvalue weighted by atomic mass is 16.2. The van der Waals surface area contributed by atoms with Crippen LogP contribution < -0.4 is 16.6 Å². The Morgan fingerprint density at radius 3 is 2.68 bits per heavy atom. The number of nitrogens with two attached hydrogens (primary N) is 1. The van der Waals surface area contributed by atoms with Gasteiger partial charge >= 0.3 is 0 Å². The van der Waals surface area contributed by atoms with Crippen molar-refractivity contribution in [2.45, 2.75) is 50.1 Å². The van der Waals surface area contributed by atoms with Crippen LogP contribution in [0.4, 0.5) is 0 Å². The predicted molar refractivity (Wildman–Crippen MR) is 74.2 cm³/mol. The van der Waals surface area contributed by atoms with Gasteiger partial charge in [0, 0.05) is 5.54 Å². The summed E-state index contributed by atoms with van der Waals surface area (Å²) in [6, 6.07) is 8.19. The third kappa shape index (κ3) is 1.86. The molecule has 0 bridgehead atoms. The summed E-state index contributed by atoms with van der Waals surface area (Å²) in [6.45, 7) is 1.94. The normalized spacial score (nSPS) is 28.1. The van der Waals surface area contributed by atoms with Crippen LogP contribution in [0.25, 0.3) is 0 Å². The Bertz CT molecular complexity index is 508. The van der Waals surface area contributed by atoms with Gasteiger partial charge in [0.15, 0.2) is 0 Å². The van der Waals surface area contributed by atoms with E-state index in [1.165, 1.54) is 18.4 Å². The Kier molecular flexibility index (Phi) is 2.87. The Morgan fingerprint density at radius 2 is 2.00 bits per heavy atom. The average Bonchev–Trinajstić information content (AvgIpc) is 2.85. The van der Waals surface area contributed by atoms with E-state index in [-0.39, 0.29) is 11.4 Å². The molecular weight excluding hydrogens is 238 g/mol. The lowest BCUT2D eigenvalue weighted by Gasteiger charge is -2.46. The van der Waals surface area contributed by atoms with Gasteiger partial charge in [-0.2, -0.15) is 0 Å². The molecule has 1 aliphatic heterocycles. The maximum absolute atomic E-state index is 12.3. The first kappa shape index (κ1) is 12.6. The van der Waals surface area contributed by atoms with Gasteiger partial charge in [0.2, 0.25) is 0 Å². The molecule has 1 unspecified atom stereocenters. The molecule has 1 saturated carbocycles. The molecule has 0 aromatic heterocycles. The maximum atomic E-state index is 12.3. The van der Waals surface area contributed by atoms with Crippen molar-refractivity contribution in [2.24, 2.45) is 5.84 Å². The summed E-state index contributed by atoms with van der Waals surface area (Å²) in [7, 11) is 0. The van der Waals surface area contributed by atoms with Crippen molar-refractivity contribution < 1.29 is 4.79 Å². The molecular formula is C15H21N3O. The molecule has 2 aliphatic rings. The second-order valence-corrected chi connectivity index (χ2v) is 6.04. The largest absolute Gasteiger partial charge is 0.294 e. The Labute approximate surface area is 113 Å². The van der Waals surface area contributed by atoms with Crippen molar-refractivity contribution in [3.05, 3.63) is 35.4 Å². The summed E-state index contributed by atoms with van der Waals surface area (Å²) in [4.78, 5) is 12.3. The summed E-state index contributed by atoms with van der Waals surface area (Å²) in [5.74, 6) is 5.23. The Morgan fingerprint density at radius 1 is 1.32 bits per heavy atom. The molecule has 1 aromatic rings. The molecule has 1 aromatic carbocycles. The zero-order valence-corrected chi connectivity index (χ0v) is 11.3. The third-order valence-electron chi connectivity index (χ3n) is 4.75. The van der Waals surface area contributed by atoms with Crippen LogP contribution in [0.15, 0.2) is 24.3 Å². The number of hydrazine groups is 1. The molecule has 4 heteroatoms. The molecule has 1 spiro atoms. The lowest BCUT2D eigenvalue weighted by atomic mass is 9.74. The zero-order valence-electron chi connectivity index (χ0n) is 11.3. The average molecular weight is 259 g/mol. The van der Waals surface area contributed by atoms with E-state index >= 15 is 0 Å². The highest BCUT2D eigenvalue weighted by Crippen LogP contribution is 2.42. The van der Waals surface area contributed by atoms with Crippen molar-refractivity contribution in [3.8, 4) is 0 Å². The number of hydrogen-bond donors (Lipinski definition) is 3.